The van der Waals surface area contributed by atoms with Crippen molar-refractivity contribution < 1.29 is 9.84 Å². The third-order valence-electron chi connectivity index (χ3n) is 2.86. The highest BCUT2D eigenvalue weighted by atomic mass is 16.5. The monoisotopic (exact) mass is 270 g/mol. The lowest BCUT2D eigenvalue weighted by Gasteiger charge is -2.03. The molecule has 0 aliphatic carbocycles. The van der Waals surface area contributed by atoms with Crippen LogP contribution in [0.4, 0.5) is 11.4 Å². The van der Waals surface area contributed by atoms with Gasteiger partial charge in [-0.3, -0.25) is 0 Å². The lowest BCUT2D eigenvalue weighted by molar-refractivity contribution is 0.340. The highest BCUT2D eigenvalue weighted by molar-refractivity contribution is 5.50. The van der Waals surface area contributed by atoms with Crippen LogP contribution in [0, 0.1) is 0 Å². The van der Waals surface area contributed by atoms with Gasteiger partial charge in [-0.2, -0.15) is 10.2 Å². The van der Waals surface area contributed by atoms with Gasteiger partial charge in [-0.25, -0.2) is 0 Å². The van der Waals surface area contributed by atoms with Gasteiger partial charge in [-0.1, -0.05) is 6.92 Å². The summed E-state index contributed by atoms with van der Waals surface area (Å²) in [7, 11) is 0. The predicted octanol–water partition coefficient (Wildman–Crippen LogP) is 4.77. The molecule has 0 aromatic heterocycles. The van der Waals surface area contributed by atoms with Gasteiger partial charge in [-0.05, 0) is 61.4 Å². The molecule has 0 aliphatic heterocycles. The van der Waals surface area contributed by atoms with Crippen LogP contribution < -0.4 is 4.74 Å². The quantitative estimate of drug-likeness (QED) is 0.796. The molecule has 2 aromatic carbocycles. The summed E-state index contributed by atoms with van der Waals surface area (Å²) in [6.07, 6.45) is 0.798. The van der Waals surface area contributed by atoms with E-state index >= 15 is 0 Å². The van der Waals surface area contributed by atoms with E-state index in [0.717, 1.165) is 29.1 Å². The van der Waals surface area contributed by atoms with E-state index in [9.17, 15) is 5.11 Å². The number of phenols is 1. The van der Waals surface area contributed by atoms with Gasteiger partial charge < -0.3 is 9.84 Å². The van der Waals surface area contributed by atoms with Crippen LogP contribution in [0.15, 0.2) is 52.7 Å². The lowest BCUT2D eigenvalue weighted by Crippen LogP contribution is -1.89. The van der Waals surface area contributed by atoms with Crippen molar-refractivity contribution >= 4 is 11.4 Å². The minimum Gasteiger partial charge on any atom is -0.508 e. The number of nitrogens with zero attached hydrogens (tertiary/aromatic N) is 2. The number of benzene rings is 2. The lowest BCUT2D eigenvalue weighted by atomic mass is 10.1. The molecule has 4 nitrogen and oxygen atoms in total. The molecule has 0 bridgehead atoms. The first-order valence-corrected chi connectivity index (χ1v) is 6.69. The van der Waals surface area contributed by atoms with Gasteiger partial charge in [0, 0.05) is 0 Å². The molecule has 0 amide bonds. The molecule has 0 aliphatic rings. The van der Waals surface area contributed by atoms with Crippen LogP contribution in [-0.4, -0.2) is 11.7 Å². The number of aromatic hydroxyl groups is 1. The Labute approximate surface area is 118 Å². The molecule has 0 saturated heterocycles. The highest BCUT2D eigenvalue weighted by Gasteiger charge is 2.01. The maximum Gasteiger partial charge on any atom is 0.119 e. The number of rotatable bonds is 5. The number of hydrogen-bond acceptors (Lipinski definition) is 4. The van der Waals surface area contributed by atoms with Crippen molar-refractivity contribution in [3.8, 4) is 11.5 Å². The second-order valence-electron chi connectivity index (χ2n) is 4.29. The van der Waals surface area contributed by atoms with Crippen molar-refractivity contribution in [1.82, 2.24) is 0 Å². The Kier molecular flexibility index (Phi) is 4.71. The third kappa shape index (κ3) is 3.57. The van der Waals surface area contributed by atoms with E-state index in [0.29, 0.717) is 6.61 Å². The summed E-state index contributed by atoms with van der Waals surface area (Å²) >= 11 is 0. The van der Waals surface area contributed by atoms with Gasteiger partial charge in [0.05, 0.1) is 18.0 Å². The fraction of sp³-hybridized carbons (Fsp3) is 0.250. The Bertz CT molecular complexity index is 592. The van der Waals surface area contributed by atoms with E-state index in [1.54, 1.807) is 18.2 Å². The number of ether oxygens (including phenoxy) is 1. The molecule has 1 N–H and O–H groups in total. The summed E-state index contributed by atoms with van der Waals surface area (Å²) < 4.78 is 5.37. The Balaban J connectivity index is 2.16. The Hall–Kier alpha value is -2.36. The highest BCUT2D eigenvalue weighted by Crippen LogP contribution is 2.27. The van der Waals surface area contributed by atoms with Crippen molar-refractivity contribution in [2.24, 2.45) is 10.2 Å². The van der Waals surface area contributed by atoms with Crippen molar-refractivity contribution in [3.05, 3.63) is 48.0 Å². The first-order chi connectivity index (χ1) is 9.72. The molecular formula is C16H18N2O2. The summed E-state index contributed by atoms with van der Waals surface area (Å²) in [4.78, 5) is 0. The van der Waals surface area contributed by atoms with E-state index in [-0.39, 0.29) is 5.75 Å². The Morgan fingerprint density at radius 2 is 1.75 bits per heavy atom. The van der Waals surface area contributed by atoms with E-state index in [1.165, 1.54) is 0 Å². The molecular weight excluding hydrogens is 252 g/mol. The van der Waals surface area contributed by atoms with Crippen molar-refractivity contribution in [2.45, 2.75) is 20.3 Å². The number of aryl methyl sites for hydroxylation is 1. The minimum atomic E-state index is 0.252. The van der Waals surface area contributed by atoms with Crippen molar-refractivity contribution in [1.29, 1.82) is 0 Å². The maximum atomic E-state index is 9.45. The second-order valence-corrected chi connectivity index (χ2v) is 4.29. The van der Waals surface area contributed by atoms with Gasteiger partial charge >= 0.3 is 0 Å². The van der Waals surface area contributed by atoms with Gasteiger partial charge in [0.2, 0.25) is 0 Å². The van der Waals surface area contributed by atoms with Crippen molar-refractivity contribution in [2.75, 3.05) is 6.61 Å². The van der Waals surface area contributed by atoms with Crippen LogP contribution in [0.5, 0.6) is 11.5 Å². The van der Waals surface area contributed by atoms with E-state index in [2.05, 4.69) is 10.2 Å². The summed E-state index contributed by atoms with van der Waals surface area (Å²) in [5.41, 5.74) is 2.52. The van der Waals surface area contributed by atoms with Crippen LogP contribution in [0.2, 0.25) is 0 Å². The number of hydrogen-bond donors (Lipinski definition) is 1. The van der Waals surface area contributed by atoms with Crippen LogP contribution in [-0.2, 0) is 6.42 Å². The molecule has 0 fully saturated rings. The Morgan fingerprint density at radius 3 is 2.40 bits per heavy atom. The second kappa shape index (κ2) is 6.70. The van der Waals surface area contributed by atoms with Crippen LogP contribution >= 0.6 is 0 Å². The SMILES string of the molecule is CCOc1ccc(N=Nc2ccc(O)cc2CC)cc1. The summed E-state index contributed by atoms with van der Waals surface area (Å²) in [5, 5.41) is 17.9. The van der Waals surface area contributed by atoms with Crippen LogP contribution in [0.1, 0.15) is 19.4 Å². The molecule has 0 saturated carbocycles. The van der Waals surface area contributed by atoms with Gasteiger partial charge in [0.1, 0.15) is 11.5 Å². The van der Waals surface area contributed by atoms with Gasteiger partial charge in [-0.15, -0.1) is 0 Å². The molecule has 0 spiro atoms. The first-order valence-electron chi connectivity index (χ1n) is 6.69. The minimum absolute atomic E-state index is 0.252. The molecule has 2 rings (SSSR count). The largest absolute Gasteiger partial charge is 0.508 e. The molecule has 0 heterocycles. The summed E-state index contributed by atoms with van der Waals surface area (Å²) in [6.45, 7) is 4.61. The zero-order valence-electron chi connectivity index (χ0n) is 11.7. The van der Waals surface area contributed by atoms with Crippen molar-refractivity contribution in [3.63, 3.8) is 0 Å². The maximum absolute atomic E-state index is 9.45. The number of phenolic OH excluding ortho intramolecular Hbond substituents is 1. The molecule has 0 radical (unpaired) electrons. The first kappa shape index (κ1) is 14.1. The Morgan fingerprint density at radius 1 is 1.00 bits per heavy atom. The average molecular weight is 270 g/mol. The van der Waals surface area contributed by atoms with Crippen LogP contribution in [0.3, 0.4) is 0 Å². The van der Waals surface area contributed by atoms with E-state index in [1.807, 2.05) is 38.1 Å². The predicted molar refractivity (Wildman–Crippen MR) is 79.3 cm³/mol. The summed E-state index contributed by atoms with van der Waals surface area (Å²) in [6, 6.07) is 12.6. The average Bonchev–Trinajstić information content (AvgIpc) is 2.47. The molecule has 2 aromatic rings. The molecule has 20 heavy (non-hydrogen) atoms. The van der Waals surface area contributed by atoms with Crippen LogP contribution in [0.25, 0.3) is 0 Å². The molecule has 0 atom stereocenters. The number of azo groups is 1. The van der Waals surface area contributed by atoms with Gasteiger partial charge in [0.25, 0.3) is 0 Å². The fourth-order valence-corrected chi connectivity index (χ4v) is 1.84. The smallest absolute Gasteiger partial charge is 0.119 e. The molecule has 0 unspecified atom stereocenters. The normalized spacial score (nSPS) is 10.9. The molecule has 104 valence electrons. The molecule has 4 heteroatoms. The summed E-state index contributed by atoms with van der Waals surface area (Å²) in [5.74, 6) is 1.08. The fourth-order valence-electron chi connectivity index (χ4n) is 1.84. The van der Waals surface area contributed by atoms with E-state index < -0.39 is 0 Å². The topological polar surface area (TPSA) is 54.2 Å². The van der Waals surface area contributed by atoms with Gasteiger partial charge in [0.15, 0.2) is 0 Å². The van der Waals surface area contributed by atoms with E-state index in [4.69, 9.17) is 4.74 Å². The zero-order chi connectivity index (χ0) is 14.4. The standard InChI is InChI=1S/C16H18N2O2/c1-3-12-11-14(19)7-10-16(12)18-17-13-5-8-15(9-6-13)20-4-2/h5-11,19H,3-4H2,1-2H3. The zero-order valence-corrected chi connectivity index (χ0v) is 11.7. The third-order valence-corrected chi connectivity index (χ3v) is 2.86.